The molecule has 0 saturated carbocycles. The molecular formula is C65H48N2O. The number of furan rings is 1. The van der Waals surface area contributed by atoms with Crippen LogP contribution in [0.3, 0.4) is 0 Å². The van der Waals surface area contributed by atoms with Gasteiger partial charge < -0.3 is 13.6 Å². The first-order valence-corrected chi connectivity index (χ1v) is 23.1. The van der Waals surface area contributed by atoms with Crippen molar-refractivity contribution in [3.63, 3.8) is 0 Å². The number of hydrogen-bond acceptors (Lipinski definition) is 1. The Kier molecular flexibility index (Phi) is 10.9. The molecule has 3 aromatic heterocycles. The number of hydrogen-bond donors (Lipinski definition) is 0. The molecule has 0 aliphatic carbocycles. The molecule has 12 aromatic rings. The van der Waals surface area contributed by atoms with Crippen LogP contribution in [0.15, 0.2) is 249 Å². The number of aromatic nitrogens is 2. The maximum absolute atomic E-state index is 6.51. The van der Waals surface area contributed by atoms with E-state index in [-0.39, 0.29) is 0 Å². The average Bonchev–Trinajstić information content (AvgIpc) is 4.06. The molecule has 3 nitrogen and oxygen atoms in total. The topological polar surface area (TPSA) is 23.0 Å². The Morgan fingerprint density at radius 3 is 1.26 bits per heavy atom. The van der Waals surface area contributed by atoms with Crippen LogP contribution in [0.25, 0.3) is 123 Å². The maximum atomic E-state index is 6.51. The van der Waals surface area contributed by atoms with Crippen LogP contribution in [0.5, 0.6) is 0 Å². The van der Waals surface area contributed by atoms with E-state index < -0.39 is 0 Å². The lowest BCUT2D eigenvalue weighted by Gasteiger charge is -2.19. The summed E-state index contributed by atoms with van der Waals surface area (Å²) in [6.07, 6.45) is 9.18. The molecule has 3 heteroatoms. The zero-order valence-electron chi connectivity index (χ0n) is 37.9. The van der Waals surface area contributed by atoms with Crippen molar-refractivity contribution in [2.75, 3.05) is 0 Å². The van der Waals surface area contributed by atoms with Crippen LogP contribution >= 0.6 is 0 Å². The van der Waals surface area contributed by atoms with Crippen molar-refractivity contribution in [1.82, 2.24) is 9.13 Å². The van der Waals surface area contributed by atoms with Crippen molar-refractivity contribution in [2.45, 2.75) is 6.92 Å². The second kappa shape index (κ2) is 17.8. The Labute approximate surface area is 396 Å². The Balaban J connectivity index is 0.00000122. The summed E-state index contributed by atoms with van der Waals surface area (Å²) in [6, 6.07) is 75.0. The van der Waals surface area contributed by atoms with E-state index in [4.69, 9.17) is 4.42 Å². The Hall–Kier alpha value is -8.92. The van der Waals surface area contributed by atoms with Crippen LogP contribution in [0.1, 0.15) is 18.2 Å². The maximum Gasteiger partial charge on any atom is 0.143 e. The Morgan fingerprint density at radius 2 is 0.809 bits per heavy atom. The van der Waals surface area contributed by atoms with Gasteiger partial charge in [0.2, 0.25) is 0 Å². The summed E-state index contributed by atoms with van der Waals surface area (Å²) in [5, 5.41) is 6.05. The molecular weight excluding hydrogens is 825 g/mol. The van der Waals surface area contributed by atoms with Crippen LogP contribution < -0.4 is 0 Å². The number of para-hydroxylation sites is 5. The molecule has 3 heterocycles. The molecule has 0 unspecified atom stereocenters. The third-order valence-corrected chi connectivity index (χ3v) is 13.0. The average molecular weight is 873 g/mol. The molecule has 0 bridgehead atoms. The van der Waals surface area contributed by atoms with E-state index in [0.717, 1.165) is 72.6 Å². The highest BCUT2D eigenvalue weighted by Crippen LogP contribution is 2.44. The lowest BCUT2D eigenvalue weighted by molar-refractivity contribution is 0.604. The van der Waals surface area contributed by atoms with E-state index in [9.17, 15) is 0 Å². The molecule has 0 amide bonds. The minimum Gasteiger partial charge on any atom is -0.455 e. The van der Waals surface area contributed by atoms with Gasteiger partial charge in [-0.2, -0.15) is 0 Å². The van der Waals surface area contributed by atoms with Crippen molar-refractivity contribution in [2.24, 2.45) is 0 Å². The van der Waals surface area contributed by atoms with Gasteiger partial charge >= 0.3 is 0 Å². The lowest BCUT2D eigenvalue weighted by Crippen LogP contribution is -1.96. The molecule has 0 aliphatic heterocycles. The monoisotopic (exact) mass is 872 g/mol. The lowest BCUT2D eigenvalue weighted by atomic mass is 9.87. The largest absolute Gasteiger partial charge is 0.455 e. The van der Waals surface area contributed by atoms with Crippen molar-refractivity contribution in [3.8, 4) is 55.9 Å². The molecule has 0 fully saturated rings. The summed E-state index contributed by atoms with van der Waals surface area (Å²) in [6.45, 7) is 12.8. The molecule has 12 rings (SSSR count). The highest BCUT2D eigenvalue weighted by atomic mass is 16.3. The second-order valence-electron chi connectivity index (χ2n) is 16.9. The summed E-state index contributed by atoms with van der Waals surface area (Å²) in [5.41, 5.74) is 17.9. The summed E-state index contributed by atoms with van der Waals surface area (Å²) >= 11 is 0. The fourth-order valence-corrected chi connectivity index (χ4v) is 10.1. The molecule has 68 heavy (non-hydrogen) atoms. The van der Waals surface area contributed by atoms with Crippen molar-refractivity contribution in [3.05, 3.63) is 256 Å². The van der Waals surface area contributed by atoms with Crippen molar-refractivity contribution in [1.29, 1.82) is 0 Å². The SMILES string of the molecule is C=CC=C.C=Cc1c(/C=C\C)oc2c(-c3ccc(-c4c(-c5cccc(-n6c7ccccc7c7ccccc76)c5)cccc4-c4cccc(-n5c6ccccc6c6ccccc65)c4)cc3)cccc12. The summed E-state index contributed by atoms with van der Waals surface area (Å²) in [5.74, 6) is 0.821. The smallest absolute Gasteiger partial charge is 0.143 e. The molecule has 0 N–H and O–H groups in total. The zero-order valence-corrected chi connectivity index (χ0v) is 37.9. The standard InChI is InChI=1S/C61H42N2O.C4H6/c1-3-17-59-46(4-2)54-29-16-28-49(61(54)64-59)40-34-36-41(37-35-40)60-47(42-18-13-20-44(38-42)62-55-30-9-5-22-50(55)51-23-6-10-31-56(51)62)26-15-27-48(60)43-19-14-21-45(39-43)63-57-32-11-7-24-52(57)53-25-8-12-33-58(53)63;1-3-4-2/h3-39H,2H2,1H3;3-4H,1-2H2/b17-3-;. The van der Waals surface area contributed by atoms with Gasteiger partial charge in [0.15, 0.2) is 0 Å². The zero-order chi connectivity index (χ0) is 46.1. The van der Waals surface area contributed by atoms with Crippen LogP contribution in [0.4, 0.5) is 0 Å². The highest BCUT2D eigenvalue weighted by molar-refractivity contribution is 6.10. The first-order chi connectivity index (χ1) is 33.6. The van der Waals surface area contributed by atoms with Crippen LogP contribution in [0, 0.1) is 0 Å². The fourth-order valence-electron chi connectivity index (χ4n) is 10.1. The van der Waals surface area contributed by atoms with Crippen molar-refractivity contribution < 1.29 is 4.42 Å². The fraction of sp³-hybridized carbons (Fsp3) is 0.0154. The van der Waals surface area contributed by atoms with Gasteiger partial charge in [-0.05, 0) is 100 Å². The normalized spacial score (nSPS) is 11.4. The second-order valence-corrected chi connectivity index (χ2v) is 16.9. The Bertz CT molecular complexity index is 3640. The minimum atomic E-state index is 0.821. The quantitative estimate of drug-likeness (QED) is 0.133. The third kappa shape index (κ3) is 7.09. The first-order valence-electron chi connectivity index (χ1n) is 23.1. The first kappa shape index (κ1) is 41.8. The van der Waals surface area contributed by atoms with Crippen LogP contribution in [-0.2, 0) is 0 Å². The van der Waals surface area contributed by atoms with Gasteiger partial charge in [-0.25, -0.2) is 0 Å². The van der Waals surface area contributed by atoms with Gasteiger partial charge in [-0.1, -0.05) is 202 Å². The van der Waals surface area contributed by atoms with E-state index in [1.54, 1.807) is 12.2 Å². The van der Waals surface area contributed by atoms with E-state index in [1.807, 2.05) is 25.2 Å². The van der Waals surface area contributed by atoms with E-state index in [1.165, 1.54) is 49.2 Å². The van der Waals surface area contributed by atoms with E-state index in [0.29, 0.717) is 0 Å². The molecule has 324 valence electrons. The van der Waals surface area contributed by atoms with E-state index >= 15 is 0 Å². The third-order valence-electron chi connectivity index (χ3n) is 13.0. The minimum absolute atomic E-state index is 0.821. The summed E-state index contributed by atoms with van der Waals surface area (Å²) < 4.78 is 11.3. The van der Waals surface area contributed by atoms with Gasteiger partial charge in [0.25, 0.3) is 0 Å². The molecule has 0 spiro atoms. The summed E-state index contributed by atoms with van der Waals surface area (Å²) in [7, 11) is 0. The number of fused-ring (bicyclic) bond motifs is 7. The molecule has 0 atom stereocenters. The molecule has 9 aromatic carbocycles. The highest BCUT2D eigenvalue weighted by Gasteiger charge is 2.20. The predicted molar refractivity (Wildman–Crippen MR) is 292 cm³/mol. The van der Waals surface area contributed by atoms with Gasteiger partial charge in [-0.15, -0.1) is 0 Å². The number of nitrogens with zero attached hydrogens (tertiary/aromatic N) is 2. The Morgan fingerprint density at radius 1 is 0.397 bits per heavy atom. The predicted octanol–water partition coefficient (Wildman–Crippen LogP) is 18.3. The van der Waals surface area contributed by atoms with Crippen LogP contribution in [-0.4, -0.2) is 9.13 Å². The van der Waals surface area contributed by atoms with Gasteiger partial charge in [0, 0.05) is 49.4 Å². The van der Waals surface area contributed by atoms with Gasteiger partial charge in [-0.3, -0.25) is 0 Å². The van der Waals surface area contributed by atoms with Crippen molar-refractivity contribution >= 4 is 66.7 Å². The molecule has 0 saturated heterocycles. The van der Waals surface area contributed by atoms with Gasteiger partial charge in [0.05, 0.1) is 22.1 Å². The summed E-state index contributed by atoms with van der Waals surface area (Å²) in [4.78, 5) is 0. The molecule has 0 aliphatic rings. The number of allylic oxidation sites excluding steroid dienone is 3. The van der Waals surface area contributed by atoms with Gasteiger partial charge in [0.1, 0.15) is 11.3 Å². The van der Waals surface area contributed by atoms with E-state index in [2.05, 4.69) is 235 Å². The molecule has 0 radical (unpaired) electrons. The van der Waals surface area contributed by atoms with Crippen LogP contribution in [0.2, 0.25) is 0 Å². The number of benzene rings is 9. The number of rotatable bonds is 9.